The van der Waals surface area contributed by atoms with Gasteiger partial charge in [0.2, 0.25) is 11.8 Å². The molecule has 0 aliphatic carbocycles. The molecule has 2 heterocycles. The molecule has 0 bridgehead atoms. The Morgan fingerprint density at radius 1 is 1.07 bits per heavy atom. The Hall–Kier alpha value is -4.60. The molecule has 0 saturated carbocycles. The molecule has 2 saturated heterocycles. The molecule has 0 aromatic heterocycles. The number of urea groups is 1. The van der Waals surface area contributed by atoms with Gasteiger partial charge in [-0.15, -0.1) is 6.42 Å². The molecular formula is C28H31N5O7. The molecule has 0 spiro atoms. The standard InChI is InChI=1S/C28H31N5O7/c1-2-12-31-18-25(35)32-23(15-26(36)37)27(38)30(13-14-40-19-21-8-10-22(34)11-9-21)17-24(32)33(31)28(39)29-16-20-6-4-3-5-7-20/h1,3-11,23-24,34H,12-19H2,(H,29,39)(H,36,37)/t23-,24-/m0/s1. The number of benzene rings is 2. The van der Waals surface area contributed by atoms with Crippen LogP contribution in [0.1, 0.15) is 17.5 Å². The minimum atomic E-state index is -1.29. The van der Waals surface area contributed by atoms with Gasteiger partial charge in [-0.05, 0) is 23.3 Å². The maximum absolute atomic E-state index is 13.5. The number of carbonyl (C=O) groups is 4. The second-order valence-corrected chi connectivity index (χ2v) is 9.41. The van der Waals surface area contributed by atoms with Crippen LogP contribution in [0.4, 0.5) is 4.79 Å². The predicted molar refractivity (Wildman–Crippen MR) is 142 cm³/mol. The quantitative estimate of drug-likeness (QED) is 0.292. The zero-order valence-electron chi connectivity index (χ0n) is 21.8. The first kappa shape index (κ1) is 28.4. The molecule has 2 aliphatic rings. The number of nitrogens with zero attached hydrogens (tertiary/aromatic N) is 4. The van der Waals surface area contributed by atoms with Gasteiger partial charge in [-0.2, -0.15) is 5.01 Å². The van der Waals surface area contributed by atoms with Crippen molar-refractivity contribution in [3.8, 4) is 18.1 Å². The van der Waals surface area contributed by atoms with Gasteiger partial charge in [0, 0.05) is 13.1 Å². The number of aromatic hydroxyl groups is 1. The van der Waals surface area contributed by atoms with E-state index in [2.05, 4.69) is 11.2 Å². The summed E-state index contributed by atoms with van der Waals surface area (Å²) in [6.07, 6.45) is 3.95. The fourth-order valence-electron chi connectivity index (χ4n) is 4.82. The third-order valence-electron chi connectivity index (χ3n) is 6.68. The topological polar surface area (TPSA) is 143 Å². The maximum atomic E-state index is 13.5. The molecule has 0 radical (unpaired) electrons. The normalized spacial score (nSPS) is 19.2. The molecule has 2 fully saturated rings. The van der Waals surface area contributed by atoms with Crippen LogP contribution in [-0.2, 0) is 32.3 Å². The van der Waals surface area contributed by atoms with E-state index in [9.17, 15) is 29.4 Å². The number of hydrogen-bond acceptors (Lipinski definition) is 7. The van der Waals surface area contributed by atoms with Gasteiger partial charge in [0.15, 0.2) is 0 Å². The molecule has 4 rings (SSSR count). The van der Waals surface area contributed by atoms with E-state index in [1.165, 1.54) is 32.0 Å². The number of hydrazine groups is 1. The summed E-state index contributed by atoms with van der Waals surface area (Å²) < 4.78 is 5.70. The lowest BCUT2D eigenvalue weighted by atomic mass is 10.0. The fourth-order valence-corrected chi connectivity index (χ4v) is 4.82. The van der Waals surface area contributed by atoms with Crippen molar-refractivity contribution in [3.63, 3.8) is 0 Å². The third kappa shape index (κ3) is 6.69. The number of phenolic OH excluding ortho intramolecular Hbond substituents is 1. The summed E-state index contributed by atoms with van der Waals surface area (Å²) in [6.45, 7) is 0.317. The number of hydrogen-bond donors (Lipinski definition) is 3. The molecule has 12 heteroatoms. The van der Waals surface area contributed by atoms with Gasteiger partial charge in [0.05, 0.1) is 39.3 Å². The van der Waals surface area contributed by atoms with Crippen LogP contribution in [0.3, 0.4) is 0 Å². The number of ether oxygens (including phenoxy) is 1. The van der Waals surface area contributed by atoms with Gasteiger partial charge in [0.1, 0.15) is 18.0 Å². The lowest BCUT2D eigenvalue weighted by Gasteiger charge is -2.54. The third-order valence-corrected chi connectivity index (χ3v) is 6.68. The Labute approximate surface area is 231 Å². The van der Waals surface area contributed by atoms with Crippen molar-refractivity contribution in [3.05, 3.63) is 65.7 Å². The highest BCUT2D eigenvalue weighted by Gasteiger charge is 2.51. The molecule has 2 atom stereocenters. The van der Waals surface area contributed by atoms with Gasteiger partial charge >= 0.3 is 12.0 Å². The van der Waals surface area contributed by atoms with E-state index in [0.29, 0.717) is 0 Å². The van der Waals surface area contributed by atoms with Crippen LogP contribution in [0.2, 0.25) is 0 Å². The molecule has 0 unspecified atom stereocenters. The highest BCUT2D eigenvalue weighted by molar-refractivity contribution is 5.93. The number of terminal acetylenes is 1. The Bertz CT molecular complexity index is 1260. The van der Waals surface area contributed by atoms with Crippen LogP contribution >= 0.6 is 0 Å². The monoisotopic (exact) mass is 549 g/mol. The maximum Gasteiger partial charge on any atom is 0.334 e. The van der Waals surface area contributed by atoms with Crippen molar-refractivity contribution >= 4 is 23.8 Å². The van der Waals surface area contributed by atoms with Gasteiger partial charge < -0.3 is 30.1 Å². The fraction of sp³-hybridized carbons (Fsp3) is 0.357. The van der Waals surface area contributed by atoms with Crippen molar-refractivity contribution in [1.29, 1.82) is 0 Å². The van der Waals surface area contributed by atoms with E-state index in [1.54, 1.807) is 12.1 Å². The largest absolute Gasteiger partial charge is 0.508 e. The molecule has 2 aromatic rings. The predicted octanol–water partition coefficient (Wildman–Crippen LogP) is 0.825. The molecule has 3 N–H and O–H groups in total. The van der Waals surface area contributed by atoms with Gasteiger partial charge in [-0.25, -0.2) is 9.80 Å². The Kier molecular flexibility index (Phi) is 9.21. The summed E-state index contributed by atoms with van der Waals surface area (Å²) in [5, 5.41) is 24.6. The number of nitrogens with one attached hydrogen (secondary N) is 1. The summed E-state index contributed by atoms with van der Waals surface area (Å²) in [4.78, 5) is 54.4. The number of phenols is 1. The van der Waals surface area contributed by atoms with Crippen LogP contribution in [0.25, 0.3) is 0 Å². The lowest BCUT2D eigenvalue weighted by Crippen LogP contribution is -2.76. The number of carboxylic acids is 1. The summed E-state index contributed by atoms with van der Waals surface area (Å²) in [7, 11) is 0. The minimum Gasteiger partial charge on any atom is -0.508 e. The molecule has 12 nitrogen and oxygen atoms in total. The first-order chi connectivity index (χ1) is 19.3. The number of amides is 4. The highest BCUT2D eigenvalue weighted by Crippen LogP contribution is 2.28. The van der Waals surface area contributed by atoms with Crippen LogP contribution in [-0.4, -0.2) is 98.8 Å². The Morgan fingerprint density at radius 2 is 1.80 bits per heavy atom. The van der Waals surface area contributed by atoms with Crippen LogP contribution in [0, 0.1) is 12.3 Å². The van der Waals surface area contributed by atoms with Gasteiger partial charge in [-0.1, -0.05) is 48.4 Å². The number of carbonyl (C=O) groups excluding carboxylic acids is 3. The van der Waals surface area contributed by atoms with Crippen molar-refractivity contribution in [2.45, 2.75) is 31.8 Å². The zero-order valence-corrected chi connectivity index (χ0v) is 21.8. The number of rotatable bonds is 10. The molecule has 40 heavy (non-hydrogen) atoms. The SMILES string of the molecule is C#CCN1CC(=O)N2[C@@H](CC(=O)O)C(=O)N(CCOCc3ccc(O)cc3)C[C@@H]2N1C(=O)NCc1ccccc1. The van der Waals surface area contributed by atoms with E-state index < -0.39 is 42.4 Å². The van der Waals surface area contributed by atoms with E-state index in [4.69, 9.17) is 11.2 Å². The van der Waals surface area contributed by atoms with E-state index in [1.807, 2.05) is 30.3 Å². The molecule has 210 valence electrons. The van der Waals surface area contributed by atoms with Crippen molar-refractivity contribution < 1.29 is 34.1 Å². The molecule has 2 aromatic carbocycles. The minimum absolute atomic E-state index is 0.0396. The number of piperazine rings is 1. The Balaban J connectivity index is 1.53. The second-order valence-electron chi connectivity index (χ2n) is 9.41. The van der Waals surface area contributed by atoms with Crippen molar-refractivity contribution in [1.82, 2.24) is 25.1 Å². The van der Waals surface area contributed by atoms with Crippen LogP contribution in [0.5, 0.6) is 5.75 Å². The molecule has 4 amide bonds. The number of aliphatic carboxylic acids is 1. The highest BCUT2D eigenvalue weighted by atomic mass is 16.5. The van der Waals surface area contributed by atoms with Crippen molar-refractivity contribution in [2.24, 2.45) is 0 Å². The lowest BCUT2D eigenvalue weighted by molar-refractivity contribution is -0.190. The smallest absolute Gasteiger partial charge is 0.334 e. The summed E-state index contributed by atoms with van der Waals surface area (Å²) >= 11 is 0. The van der Waals surface area contributed by atoms with E-state index in [-0.39, 0.29) is 51.7 Å². The summed E-state index contributed by atoms with van der Waals surface area (Å²) in [5.41, 5.74) is 1.68. The molecule has 2 aliphatic heterocycles. The van der Waals surface area contributed by atoms with Gasteiger partial charge in [-0.3, -0.25) is 14.4 Å². The van der Waals surface area contributed by atoms with Crippen LogP contribution in [0.15, 0.2) is 54.6 Å². The number of carboxylic acid groups (broad SMARTS) is 1. The summed E-state index contributed by atoms with van der Waals surface area (Å²) in [6, 6.07) is 13.9. The van der Waals surface area contributed by atoms with E-state index >= 15 is 0 Å². The summed E-state index contributed by atoms with van der Waals surface area (Å²) in [5.74, 6) is 0.323. The van der Waals surface area contributed by atoms with Crippen molar-refractivity contribution in [2.75, 3.05) is 32.8 Å². The first-order valence-corrected chi connectivity index (χ1v) is 12.7. The van der Waals surface area contributed by atoms with Gasteiger partial charge in [0.25, 0.3) is 0 Å². The number of fused-ring (bicyclic) bond motifs is 1. The Morgan fingerprint density at radius 3 is 2.48 bits per heavy atom. The van der Waals surface area contributed by atoms with Crippen LogP contribution < -0.4 is 5.32 Å². The first-order valence-electron chi connectivity index (χ1n) is 12.7. The average Bonchev–Trinajstić information content (AvgIpc) is 2.93. The average molecular weight is 550 g/mol. The second kappa shape index (κ2) is 13.0. The molecular weight excluding hydrogens is 518 g/mol. The zero-order chi connectivity index (χ0) is 28.6. The van der Waals surface area contributed by atoms with E-state index in [0.717, 1.165) is 11.1 Å².